The van der Waals surface area contributed by atoms with Crippen molar-refractivity contribution in [2.24, 2.45) is 0 Å². The molecule has 2 aromatic rings. The number of nitriles is 1. The monoisotopic (exact) mass is 354 g/mol. The molecule has 2 aromatic carbocycles. The largest absolute Gasteiger partial charge is 0.482 e. The van der Waals surface area contributed by atoms with E-state index < -0.39 is 18.0 Å². The van der Waals surface area contributed by atoms with Gasteiger partial charge in [0.15, 0.2) is 12.6 Å². The molecule has 0 saturated heterocycles. The maximum Gasteiger partial charge on any atom is 0.344 e. The Labute approximate surface area is 150 Å². The van der Waals surface area contributed by atoms with Crippen LogP contribution in [0.25, 0.3) is 0 Å². The van der Waals surface area contributed by atoms with Gasteiger partial charge in [0.05, 0.1) is 18.2 Å². The number of benzene rings is 2. The van der Waals surface area contributed by atoms with E-state index in [1.165, 1.54) is 0 Å². The van der Waals surface area contributed by atoms with E-state index in [1.54, 1.807) is 55.5 Å². The molecule has 0 saturated carbocycles. The van der Waals surface area contributed by atoms with Crippen molar-refractivity contribution in [3.8, 4) is 11.8 Å². The fourth-order valence-electron chi connectivity index (χ4n) is 2.27. The molecule has 134 valence electrons. The maximum absolute atomic E-state index is 11.8. The van der Waals surface area contributed by atoms with Crippen molar-refractivity contribution in [3.05, 3.63) is 59.7 Å². The molecule has 0 aliphatic carbocycles. The third-order valence-corrected chi connectivity index (χ3v) is 3.45. The van der Waals surface area contributed by atoms with Gasteiger partial charge in [-0.1, -0.05) is 18.2 Å². The molecule has 0 radical (unpaired) electrons. The van der Waals surface area contributed by atoms with Gasteiger partial charge in [0.2, 0.25) is 0 Å². The smallest absolute Gasteiger partial charge is 0.344 e. The van der Waals surface area contributed by atoms with Crippen LogP contribution in [0.15, 0.2) is 48.5 Å². The Morgan fingerprint density at radius 2 is 1.88 bits per heavy atom. The van der Waals surface area contributed by atoms with Crippen molar-refractivity contribution >= 4 is 17.6 Å². The van der Waals surface area contributed by atoms with E-state index in [2.05, 4.69) is 5.32 Å². The molecule has 7 heteroatoms. The van der Waals surface area contributed by atoms with Crippen molar-refractivity contribution in [1.29, 1.82) is 5.26 Å². The molecule has 0 bridgehead atoms. The summed E-state index contributed by atoms with van der Waals surface area (Å²) < 4.78 is 10.2. The Morgan fingerprint density at radius 3 is 2.50 bits per heavy atom. The van der Waals surface area contributed by atoms with Crippen LogP contribution in [0, 0.1) is 11.3 Å². The molecule has 1 atom stereocenters. The molecule has 0 aliphatic heterocycles. The summed E-state index contributed by atoms with van der Waals surface area (Å²) in [6.45, 7) is 1.61. The predicted octanol–water partition coefficient (Wildman–Crippen LogP) is 2.74. The molecule has 2 N–H and O–H groups in total. The van der Waals surface area contributed by atoms with Crippen LogP contribution < -0.4 is 10.1 Å². The zero-order chi connectivity index (χ0) is 18.9. The van der Waals surface area contributed by atoms with Crippen LogP contribution in [-0.4, -0.2) is 30.3 Å². The van der Waals surface area contributed by atoms with Gasteiger partial charge in [0, 0.05) is 11.3 Å². The standard InChI is InChI=1S/C19H18N2O5/c1-2-25-17(22)12-26-16-6-4-3-5-15(16)18(19(23)24)21-14-9-7-13(11-20)8-10-14/h3-10,18,21H,2,12H2,1H3,(H,23,24). The van der Waals surface area contributed by atoms with Gasteiger partial charge in [-0.2, -0.15) is 5.26 Å². The van der Waals surface area contributed by atoms with Crippen molar-refractivity contribution in [1.82, 2.24) is 0 Å². The number of para-hydroxylation sites is 1. The molecule has 0 aliphatic rings. The van der Waals surface area contributed by atoms with Gasteiger partial charge in [-0.25, -0.2) is 9.59 Å². The first-order valence-corrected chi connectivity index (χ1v) is 7.92. The number of esters is 1. The number of ether oxygens (including phenoxy) is 2. The highest BCUT2D eigenvalue weighted by molar-refractivity contribution is 5.80. The Bertz CT molecular complexity index is 811. The first-order valence-electron chi connectivity index (χ1n) is 7.92. The number of hydrogen-bond acceptors (Lipinski definition) is 6. The van der Waals surface area contributed by atoms with Crippen molar-refractivity contribution in [3.63, 3.8) is 0 Å². The van der Waals surface area contributed by atoms with Gasteiger partial charge in [-0.15, -0.1) is 0 Å². The van der Waals surface area contributed by atoms with Gasteiger partial charge in [-0.05, 0) is 37.3 Å². The number of carboxylic acid groups (broad SMARTS) is 1. The maximum atomic E-state index is 11.8. The second-order valence-electron chi connectivity index (χ2n) is 5.24. The molecule has 1 unspecified atom stereocenters. The zero-order valence-electron chi connectivity index (χ0n) is 14.1. The lowest BCUT2D eigenvalue weighted by Gasteiger charge is -2.19. The summed E-state index contributed by atoms with van der Waals surface area (Å²) in [6, 6.07) is 13.9. The normalized spacial score (nSPS) is 11.1. The first-order chi connectivity index (χ1) is 12.5. The van der Waals surface area contributed by atoms with Crippen molar-refractivity contribution in [2.45, 2.75) is 13.0 Å². The highest BCUT2D eigenvalue weighted by Crippen LogP contribution is 2.28. The van der Waals surface area contributed by atoms with Crippen LogP contribution in [0.3, 0.4) is 0 Å². The van der Waals surface area contributed by atoms with E-state index in [-0.39, 0.29) is 19.0 Å². The second-order valence-corrected chi connectivity index (χ2v) is 5.24. The predicted molar refractivity (Wildman–Crippen MR) is 93.7 cm³/mol. The first kappa shape index (κ1) is 18.8. The molecule has 0 spiro atoms. The Hall–Kier alpha value is -3.53. The molecule has 26 heavy (non-hydrogen) atoms. The van der Waals surface area contributed by atoms with E-state index in [1.807, 2.05) is 6.07 Å². The molecule has 7 nitrogen and oxygen atoms in total. The van der Waals surface area contributed by atoms with Gasteiger partial charge >= 0.3 is 11.9 Å². The van der Waals surface area contributed by atoms with E-state index in [9.17, 15) is 14.7 Å². The van der Waals surface area contributed by atoms with Gasteiger partial charge < -0.3 is 19.9 Å². The number of carbonyl (C=O) groups is 2. The Kier molecular flexibility index (Phi) is 6.57. The number of hydrogen-bond donors (Lipinski definition) is 2. The van der Waals surface area contributed by atoms with Crippen LogP contribution in [-0.2, 0) is 14.3 Å². The lowest BCUT2D eigenvalue weighted by atomic mass is 10.0. The highest BCUT2D eigenvalue weighted by atomic mass is 16.6. The second kappa shape index (κ2) is 9.08. The van der Waals surface area contributed by atoms with E-state index in [0.717, 1.165) is 0 Å². The third-order valence-electron chi connectivity index (χ3n) is 3.45. The lowest BCUT2D eigenvalue weighted by molar-refractivity contribution is -0.145. The number of aliphatic carboxylic acids is 1. The molecule has 0 fully saturated rings. The van der Waals surface area contributed by atoms with Crippen molar-refractivity contribution in [2.75, 3.05) is 18.5 Å². The molecule has 0 heterocycles. The average molecular weight is 354 g/mol. The van der Waals surface area contributed by atoms with Gasteiger partial charge in [0.1, 0.15) is 5.75 Å². The number of rotatable bonds is 8. The van der Waals surface area contributed by atoms with Crippen molar-refractivity contribution < 1.29 is 24.2 Å². The Balaban J connectivity index is 2.22. The summed E-state index contributed by atoms with van der Waals surface area (Å²) in [5.41, 5.74) is 1.38. The summed E-state index contributed by atoms with van der Waals surface area (Å²) in [4.78, 5) is 23.2. The third kappa shape index (κ3) is 4.98. The van der Waals surface area contributed by atoms with Crippen LogP contribution in [0.1, 0.15) is 24.1 Å². The van der Waals surface area contributed by atoms with Crippen LogP contribution >= 0.6 is 0 Å². The number of carboxylic acids is 1. The Morgan fingerprint density at radius 1 is 1.19 bits per heavy atom. The summed E-state index contributed by atoms with van der Waals surface area (Å²) in [7, 11) is 0. The molecular weight excluding hydrogens is 336 g/mol. The number of nitrogens with one attached hydrogen (secondary N) is 1. The van der Waals surface area contributed by atoms with Gasteiger partial charge in [0.25, 0.3) is 0 Å². The fourth-order valence-corrected chi connectivity index (χ4v) is 2.27. The quantitative estimate of drug-likeness (QED) is 0.702. The minimum Gasteiger partial charge on any atom is -0.482 e. The SMILES string of the molecule is CCOC(=O)COc1ccccc1C(Nc1ccc(C#N)cc1)C(=O)O. The average Bonchev–Trinajstić information content (AvgIpc) is 2.65. The minimum absolute atomic E-state index is 0.238. The number of anilines is 1. The number of nitrogens with zero attached hydrogens (tertiary/aromatic N) is 1. The van der Waals surface area contributed by atoms with E-state index in [4.69, 9.17) is 14.7 Å². The molecule has 2 rings (SSSR count). The van der Waals surface area contributed by atoms with E-state index in [0.29, 0.717) is 16.8 Å². The topological polar surface area (TPSA) is 109 Å². The summed E-state index contributed by atoms with van der Waals surface area (Å²) in [5, 5.41) is 21.3. The lowest BCUT2D eigenvalue weighted by Crippen LogP contribution is -2.22. The zero-order valence-corrected chi connectivity index (χ0v) is 14.1. The molecular formula is C19H18N2O5. The summed E-state index contributed by atoms with van der Waals surface area (Å²) >= 11 is 0. The summed E-state index contributed by atoms with van der Waals surface area (Å²) in [6.07, 6.45) is 0. The van der Waals surface area contributed by atoms with Crippen LogP contribution in [0.5, 0.6) is 5.75 Å². The molecule has 0 aromatic heterocycles. The van der Waals surface area contributed by atoms with Crippen LogP contribution in [0.2, 0.25) is 0 Å². The minimum atomic E-state index is -1.11. The van der Waals surface area contributed by atoms with Crippen LogP contribution in [0.4, 0.5) is 5.69 Å². The van der Waals surface area contributed by atoms with Gasteiger partial charge in [-0.3, -0.25) is 0 Å². The number of carbonyl (C=O) groups excluding carboxylic acids is 1. The molecule has 0 amide bonds. The highest BCUT2D eigenvalue weighted by Gasteiger charge is 2.23. The summed E-state index contributed by atoms with van der Waals surface area (Å²) in [5.74, 6) is -1.37. The van der Waals surface area contributed by atoms with E-state index >= 15 is 0 Å². The fraction of sp³-hybridized carbons (Fsp3) is 0.211.